The van der Waals surface area contributed by atoms with E-state index >= 15 is 0 Å². The summed E-state index contributed by atoms with van der Waals surface area (Å²) in [5.74, 6) is -3.34. The first kappa shape index (κ1) is 35.1. The van der Waals surface area contributed by atoms with Gasteiger partial charge in [0.2, 0.25) is 10.4 Å². The first-order valence-corrected chi connectivity index (χ1v) is 15.7. The molecule has 0 amide bonds. The van der Waals surface area contributed by atoms with Gasteiger partial charge in [-0.15, -0.1) is 0 Å². The maximum absolute atomic E-state index is 12.5. The van der Waals surface area contributed by atoms with Gasteiger partial charge < -0.3 is 40.3 Å². The van der Waals surface area contributed by atoms with Crippen LogP contribution in [0, 0.1) is 46.3 Å². The molecule has 40 heavy (non-hydrogen) atoms. The minimum Gasteiger partial charge on any atom is -0.726 e. The number of fused-ring (bicyclic) bond motifs is 5. The summed E-state index contributed by atoms with van der Waals surface area (Å²) in [4.78, 5) is 0. The second-order valence-corrected chi connectivity index (χ2v) is 14.7. The first-order valence-electron chi connectivity index (χ1n) is 14.3. The molecule has 1 unspecified atom stereocenters. The van der Waals surface area contributed by atoms with E-state index in [1.165, 1.54) is 0 Å². The van der Waals surface area contributed by atoms with E-state index in [0.717, 1.165) is 19.3 Å². The molecular weight excluding hydrogens is 555 g/mol. The second-order valence-electron chi connectivity index (χ2n) is 13.7. The Morgan fingerprint density at radius 1 is 0.950 bits per heavy atom. The molecule has 0 heterocycles. The van der Waals surface area contributed by atoms with Gasteiger partial charge >= 0.3 is 29.6 Å². The number of hydrogen-bond acceptors (Lipinski definition) is 11. The molecule has 0 spiro atoms. The van der Waals surface area contributed by atoms with E-state index < -0.39 is 87.1 Å². The molecule has 0 bridgehead atoms. The molecule has 0 aromatic heterocycles. The Morgan fingerprint density at radius 3 is 2.12 bits per heavy atom. The van der Waals surface area contributed by atoms with Gasteiger partial charge in [-0.1, -0.05) is 40.5 Å². The van der Waals surface area contributed by atoms with Crippen molar-refractivity contribution in [2.45, 2.75) is 115 Å². The summed E-state index contributed by atoms with van der Waals surface area (Å²) in [7, 11) is -5.39. The molecule has 0 radical (unpaired) electrons. The van der Waals surface area contributed by atoms with Crippen molar-refractivity contribution in [2.75, 3.05) is 6.61 Å². The van der Waals surface area contributed by atoms with Gasteiger partial charge in [0.1, 0.15) is 17.8 Å². The molecule has 4 saturated carbocycles. The van der Waals surface area contributed by atoms with Crippen molar-refractivity contribution < 1.29 is 82.5 Å². The molecule has 7 N–H and O–H groups in total. The quantitative estimate of drug-likeness (QED) is 0.0841. The Morgan fingerprint density at radius 2 is 1.55 bits per heavy atom. The van der Waals surface area contributed by atoms with E-state index in [2.05, 4.69) is 0 Å². The molecule has 0 aliphatic heterocycles. The van der Waals surface area contributed by atoms with Crippen LogP contribution in [0.25, 0.3) is 0 Å². The summed E-state index contributed by atoms with van der Waals surface area (Å²) < 4.78 is 40.2. The normalized spacial score (nSPS) is 50.2. The van der Waals surface area contributed by atoms with Gasteiger partial charge in [-0.3, -0.25) is 4.18 Å². The zero-order chi connectivity index (χ0) is 29.3. The fourth-order valence-corrected chi connectivity index (χ4v) is 10.3. The molecule has 11 nitrogen and oxygen atoms in total. The van der Waals surface area contributed by atoms with Gasteiger partial charge in [0, 0.05) is 18.4 Å². The van der Waals surface area contributed by atoms with Gasteiger partial charge in [-0.25, -0.2) is 8.42 Å². The number of hydrogen-bond donors (Lipinski definition) is 7. The van der Waals surface area contributed by atoms with Crippen LogP contribution in [0.1, 0.15) is 72.6 Å². The van der Waals surface area contributed by atoms with Crippen molar-refractivity contribution in [1.82, 2.24) is 0 Å². The standard InChI is InChI=1S/C27H48O11S.Na/c1-13(12-28)6-5-7-14(2)17-20(31)21(32)23-26(17,4)11-9-16-25(3)10-8-15(29)19(30)18(25)22(38-39(35,36)37)24(33)27(16,23)34;/h13-24,28-34H,5-12H2,1-4H3,(H,35,36,37);/q;+1/p-1/t13?,14-,15+,16-,17+,18-,19+,20-,21-,22-,23-,24-,25-,26-,27+;/m1./s1. The van der Waals surface area contributed by atoms with Crippen LogP contribution in [0.4, 0.5) is 0 Å². The average molecular weight is 603 g/mol. The van der Waals surface area contributed by atoms with E-state index in [4.69, 9.17) is 4.18 Å². The third-order valence-corrected chi connectivity index (χ3v) is 12.0. The van der Waals surface area contributed by atoms with Gasteiger partial charge in [0.25, 0.3) is 0 Å². The molecule has 4 fully saturated rings. The molecule has 0 aromatic carbocycles. The summed E-state index contributed by atoms with van der Waals surface area (Å²) in [6.45, 7) is 7.64. The zero-order valence-electron chi connectivity index (χ0n) is 24.3. The van der Waals surface area contributed by atoms with Crippen LogP contribution in [0.5, 0.6) is 0 Å². The van der Waals surface area contributed by atoms with Crippen molar-refractivity contribution in [3.05, 3.63) is 0 Å². The van der Waals surface area contributed by atoms with Gasteiger partial charge in [0.15, 0.2) is 0 Å². The van der Waals surface area contributed by atoms with Crippen LogP contribution in [0.2, 0.25) is 0 Å². The van der Waals surface area contributed by atoms with E-state index in [1.54, 1.807) is 6.92 Å². The molecule has 4 aliphatic rings. The molecule has 0 saturated heterocycles. The van der Waals surface area contributed by atoms with Crippen molar-refractivity contribution in [1.29, 1.82) is 0 Å². The number of aliphatic hydroxyl groups is 7. The van der Waals surface area contributed by atoms with E-state index in [9.17, 15) is 48.7 Å². The van der Waals surface area contributed by atoms with Crippen molar-refractivity contribution in [3.8, 4) is 0 Å². The Balaban J connectivity index is 0.00000441. The predicted octanol–water partition coefficient (Wildman–Crippen LogP) is -3.10. The minimum atomic E-state index is -5.39. The van der Waals surface area contributed by atoms with Crippen LogP contribution >= 0.6 is 0 Å². The molecule has 13 heteroatoms. The third-order valence-electron chi connectivity index (χ3n) is 11.5. The van der Waals surface area contributed by atoms with Crippen LogP contribution in [-0.2, 0) is 14.6 Å². The SMILES string of the molecule is CC(CO)CCC[C@@H](C)[C@H]1[C@@H](O)[C@@H](O)[C@@H]2[C@]1(C)CC[C@@H]1[C@@]3(C)CC[C@H](O)[C@H](O)[C@@H]3[C@@H](OS(=O)(=O)[O-])[C@@H](O)[C@]12O.[Na+]. The first-order chi connectivity index (χ1) is 17.9. The Hall–Kier alpha value is 0.590. The monoisotopic (exact) mass is 602 g/mol. The Labute approximate surface area is 259 Å². The summed E-state index contributed by atoms with van der Waals surface area (Å²) in [5, 5.41) is 77.8. The Bertz CT molecular complexity index is 1000. The van der Waals surface area contributed by atoms with Crippen molar-refractivity contribution >= 4 is 10.4 Å². The molecule has 4 rings (SSSR count). The van der Waals surface area contributed by atoms with Crippen LogP contribution in [0.15, 0.2) is 0 Å². The maximum Gasteiger partial charge on any atom is 1.00 e. The summed E-state index contributed by atoms with van der Waals surface area (Å²) >= 11 is 0. The molecule has 0 aromatic rings. The van der Waals surface area contributed by atoms with Crippen LogP contribution in [0.3, 0.4) is 0 Å². The van der Waals surface area contributed by atoms with Gasteiger partial charge in [-0.05, 0) is 66.6 Å². The number of aliphatic hydroxyl groups excluding tert-OH is 6. The van der Waals surface area contributed by atoms with Crippen molar-refractivity contribution in [2.24, 2.45) is 46.3 Å². The molecule has 228 valence electrons. The van der Waals surface area contributed by atoms with E-state index in [-0.39, 0.29) is 60.8 Å². The minimum absolute atomic E-state index is 0. The summed E-state index contributed by atoms with van der Waals surface area (Å²) in [6, 6.07) is 0. The van der Waals surface area contributed by atoms with Crippen LogP contribution < -0.4 is 29.6 Å². The molecule has 4 aliphatic carbocycles. The fourth-order valence-electron chi connectivity index (χ4n) is 9.83. The topological polar surface area (TPSA) is 208 Å². The fraction of sp³-hybridized carbons (Fsp3) is 1.00. The van der Waals surface area contributed by atoms with Crippen LogP contribution in [-0.4, -0.2) is 97.5 Å². The van der Waals surface area contributed by atoms with E-state index in [1.807, 2.05) is 20.8 Å². The maximum atomic E-state index is 12.5. The largest absolute Gasteiger partial charge is 1.00 e. The van der Waals surface area contributed by atoms with E-state index in [0.29, 0.717) is 12.8 Å². The predicted molar refractivity (Wildman–Crippen MR) is 137 cm³/mol. The smallest absolute Gasteiger partial charge is 0.726 e. The summed E-state index contributed by atoms with van der Waals surface area (Å²) in [5.41, 5.74) is -4.03. The zero-order valence-corrected chi connectivity index (χ0v) is 27.1. The third kappa shape index (κ3) is 5.50. The van der Waals surface area contributed by atoms with Gasteiger partial charge in [0.05, 0.1) is 24.4 Å². The molecular formula is C27H47NaO11S. The second kappa shape index (κ2) is 12.2. The summed E-state index contributed by atoms with van der Waals surface area (Å²) in [6.07, 6.45) is -5.63. The molecule has 15 atom stereocenters. The van der Waals surface area contributed by atoms with Crippen molar-refractivity contribution in [3.63, 3.8) is 0 Å². The number of rotatable bonds is 8. The Kier molecular flexibility index (Phi) is 10.7. The van der Waals surface area contributed by atoms with Gasteiger partial charge in [-0.2, -0.15) is 0 Å². The average Bonchev–Trinajstić information content (AvgIpc) is 3.04.